The van der Waals surface area contributed by atoms with Crippen LogP contribution in [0, 0.1) is 23.7 Å². The van der Waals surface area contributed by atoms with E-state index < -0.39 is 0 Å². The second-order valence-corrected chi connectivity index (χ2v) is 6.62. The Bertz CT molecular complexity index is 562. The van der Waals surface area contributed by atoms with Crippen LogP contribution in [0.25, 0.3) is 0 Å². The van der Waals surface area contributed by atoms with E-state index in [-0.39, 0.29) is 11.7 Å². The maximum atomic E-state index is 12.0. The molecule has 1 aliphatic carbocycles. The average Bonchev–Trinajstić information content (AvgIpc) is 2.98. The predicted octanol–water partition coefficient (Wildman–Crippen LogP) is 4.87. The van der Waals surface area contributed by atoms with E-state index in [0.717, 1.165) is 0 Å². The van der Waals surface area contributed by atoms with Crippen LogP contribution in [0.4, 0.5) is 0 Å². The van der Waals surface area contributed by atoms with Gasteiger partial charge in [0.25, 0.3) is 0 Å². The summed E-state index contributed by atoms with van der Waals surface area (Å²) in [7, 11) is 0. The van der Waals surface area contributed by atoms with Crippen molar-refractivity contribution >= 4 is 5.97 Å². The van der Waals surface area contributed by atoms with E-state index in [1.54, 1.807) is 12.1 Å². The molecule has 0 spiro atoms. The SMILES string of the molecule is CC(C)=CC1C=C(C)C(C)C(C)C1COC(=O)c1ccco1. The van der Waals surface area contributed by atoms with Gasteiger partial charge in [-0.2, -0.15) is 0 Å². The second-order valence-electron chi connectivity index (χ2n) is 6.62. The molecule has 0 bridgehead atoms. The molecule has 4 atom stereocenters. The summed E-state index contributed by atoms with van der Waals surface area (Å²) in [4.78, 5) is 12.0. The number of carbonyl (C=O) groups is 1. The van der Waals surface area contributed by atoms with Crippen LogP contribution < -0.4 is 0 Å². The van der Waals surface area contributed by atoms with Gasteiger partial charge in [-0.1, -0.05) is 37.1 Å². The van der Waals surface area contributed by atoms with Gasteiger partial charge < -0.3 is 9.15 Å². The molecular weight excluding hydrogens is 276 g/mol. The molecule has 0 N–H and O–H groups in total. The summed E-state index contributed by atoms with van der Waals surface area (Å²) < 4.78 is 10.6. The van der Waals surface area contributed by atoms with Crippen molar-refractivity contribution in [3.63, 3.8) is 0 Å². The van der Waals surface area contributed by atoms with Gasteiger partial charge in [-0.05, 0) is 44.7 Å². The Morgan fingerprint density at radius 3 is 2.68 bits per heavy atom. The summed E-state index contributed by atoms with van der Waals surface area (Å²) in [5, 5.41) is 0. The van der Waals surface area contributed by atoms with Crippen molar-refractivity contribution in [2.75, 3.05) is 6.61 Å². The number of hydrogen-bond acceptors (Lipinski definition) is 3. The molecule has 0 aromatic carbocycles. The van der Waals surface area contributed by atoms with Crippen LogP contribution in [0.1, 0.15) is 45.2 Å². The molecule has 0 amide bonds. The first kappa shape index (κ1) is 16.6. The van der Waals surface area contributed by atoms with E-state index in [1.807, 2.05) is 0 Å². The van der Waals surface area contributed by atoms with Crippen LogP contribution in [0.2, 0.25) is 0 Å². The van der Waals surface area contributed by atoms with Crippen LogP contribution in [0.3, 0.4) is 0 Å². The number of furan rings is 1. The zero-order valence-corrected chi connectivity index (χ0v) is 14.1. The number of ether oxygens (including phenoxy) is 1. The smallest absolute Gasteiger partial charge is 0.374 e. The van der Waals surface area contributed by atoms with E-state index in [2.05, 4.69) is 46.8 Å². The Balaban J connectivity index is 2.11. The monoisotopic (exact) mass is 302 g/mol. The molecule has 0 saturated heterocycles. The van der Waals surface area contributed by atoms with Gasteiger partial charge in [-0.25, -0.2) is 4.79 Å². The minimum absolute atomic E-state index is 0.266. The number of esters is 1. The lowest BCUT2D eigenvalue weighted by atomic mass is 9.69. The third-order valence-corrected chi connectivity index (χ3v) is 4.79. The van der Waals surface area contributed by atoms with Gasteiger partial charge in [0.2, 0.25) is 5.76 Å². The van der Waals surface area contributed by atoms with Crippen molar-refractivity contribution in [2.45, 2.75) is 34.6 Å². The van der Waals surface area contributed by atoms with E-state index in [9.17, 15) is 4.79 Å². The highest BCUT2D eigenvalue weighted by molar-refractivity contribution is 5.86. The molecule has 3 nitrogen and oxygen atoms in total. The molecule has 0 fully saturated rings. The van der Waals surface area contributed by atoms with Gasteiger partial charge in [0.05, 0.1) is 12.9 Å². The van der Waals surface area contributed by atoms with Crippen LogP contribution in [0.5, 0.6) is 0 Å². The normalized spacial score (nSPS) is 28.0. The zero-order valence-electron chi connectivity index (χ0n) is 14.1. The lowest BCUT2D eigenvalue weighted by Crippen LogP contribution is -2.34. The Kier molecular flexibility index (Phi) is 5.28. The predicted molar refractivity (Wildman–Crippen MR) is 87.5 cm³/mol. The molecule has 4 unspecified atom stereocenters. The molecule has 22 heavy (non-hydrogen) atoms. The lowest BCUT2D eigenvalue weighted by molar-refractivity contribution is 0.0297. The van der Waals surface area contributed by atoms with E-state index in [4.69, 9.17) is 9.15 Å². The minimum Gasteiger partial charge on any atom is -0.459 e. The molecular formula is C19H26O3. The molecule has 1 aromatic heterocycles. The fourth-order valence-electron chi connectivity index (χ4n) is 3.17. The number of hydrogen-bond donors (Lipinski definition) is 0. The van der Waals surface area contributed by atoms with E-state index in [0.29, 0.717) is 30.3 Å². The Morgan fingerprint density at radius 1 is 1.36 bits per heavy atom. The van der Waals surface area contributed by atoms with E-state index in [1.165, 1.54) is 17.4 Å². The second kappa shape index (κ2) is 6.99. The molecule has 2 rings (SSSR count). The first-order valence-electron chi connectivity index (χ1n) is 7.94. The summed E-state index contributed by atoms with van der Waals surface area (Å²) in [5.41, 5.74) is 2.71. The third-order valence-electron chi connectivity index (χ3n) is 4.79. The Labute approximate surface area is 133 Å². The molecule has 0 aliphatic heterocycles. The number of rotatable bonds is 4. The van der Waals surface area contributed by atoms with Gasteiger partial charge in [0.1, 0.15) is 0 Å². The molecule has 1 heterocycles. The van der Waals surface area contributed by atoms with E-state index >= 15 is 0 Å². The fourth-order valence-corrected chi connectivity index (χ4v) is 3.17. The molecule has 120 valence electrons. The van der Waals surface area contributed by atoms with Gasteiger partial charge in [0, 0.05) is 11.8 Å². The highest BCUT2D eigenvalue weighted by Gasteiger charge is 2.34. The largest absolute Gasteiger partial charge is 0.459 e. The van der Waals surface area contributed by atoms with Crippen LogP contribution >= 0.6 is 0 Å². The van der Waals surface area contributed by atoms with Gasteiger partial charge in [-0.3, -0.25) is 0 Å². The summed E-state index contributed by atoms with van der Waals surface area (Å²) >= 11 is 0. The quantitative estimate of drug-likeness (QED) is 0.588. The van der Waals surface area contributed by atoms with Crippen LogP contribution in [0.15, 0.2) is 46.1 Å². The highest BCUT2D eigenvalue weighted by Crippen LogP contribution is 2.39. The van der Waals surface area contributed by atoms with Gasteiger partial charge in [0.15, 0.2) is 0 Å². The van der Waals surface area contributed by atoms with Gasteiger partial charge >= 0.3 is 5.97 Å². The van der Waals surface area contributed by atoms with Gasteiger partial charge in [-0.15, -0.1) is 0 Å². The zero-order chi connectivity index (χ0) is 16.3. The highest BCUT2D eigenvalue weighted by atomic mass is 16.5. The van der Waals surface area contributed by atoms with Crippen molar-refractivity contribution in [1.82, 2.24) is 0 Å². The van der Waals surface area contributed by atoms with Crippen LogP contribution in [-0.4, -0.2) is 12.6 Å². The molecule has 3 heteroatoms. The fraction of sp³-hybridized carbons (Fsp3) is 0.526. The summed E-state index contributed by atoms with van der Waals surface area (Å²) in [5.74, 6) is 1.48. The Morgan fingerprint density at radius 2 is 2.09 bits per heavy atom. The maximum absolute atomic E-state index is 12.0. The molecule has 0 radical (unpaired) electrons. The average molecular weight is 302 g/mol. The van der Waals surface area contributed by atoms with Crippen molar-refractivity contribution in [1.29, 1.82) is 0 Å². The number of carbonyl (C=O) groups excluding carboxylic acids is 1. The number of allylic oxidation sites excluding steroid dienone is 4. The summed E-state index contributed by atoms with van der Waals surface area (Å²) in [6, 6.07) is 3.33. The summed E-state index contributed by atoms with van der Waals surface area (Å²) in [6.07, 6.45) is 6.08. The van der Waals surface area contributed by atoms with Crippen molar-refractivity contribution in [2.24, 2.45) is 23.7 Å². The lowest BCUT2D eigenvalue weighted by Gasteiger charge is -2.37. The topological polar surface area (TPSA) is 39.4 Å². The molecule has 1 aromatic rings. The first-order valence-corrected chi connectivity index (χ1v) is 7.94. The standard InChI is InChI=1S/C19H26O3/c1-12(2)9-16-10-13(3)14(4)15(5)17(16)11-22-19(20)18-7-6-8-21-18/h6-10,14-17H,11H2,1-5H3. The molecule has 0 saturated carbocycles. The third kappa shape index (κ3) is 3.70. The first-order chi connectivity index (χ1) is 10.4. The molecule has 1 aliphatic rings. The summed E-state index contributed by atoms with van der Waals surface area (Å²) in [6.45, 7) is 11.3. The Hall–Kier alpha value is -1.77. The minimum atomic E-state index is -0.382. The van der Waals surface area contributed by atoms with Crippen LogP contribution in [-0.2, 0) is 4.74 Å². The van der Waals surface area contributed by atoms with Crippen molar-refractivity contribution in [3.05, 3.63) is 47.5 Å². The maximum Gasteiger partial charge on any atom is 0.374 e. The van der Waals surface area contributed by atoms with Crippen molar-refractivity contribution in [3.8, 4) is 0 Å². The van der Waals surface area contributed by atoms with Crippen molar-refractivity contribution < 1.29 is 13.9 Å².